The molecule has 0 bridgehead atoms. The largest absolute Gasteiger partial charge is 0.492 e. The number of Topliss-reactive ketones (excluding diaryl/α,β-unsaturated/α-hetero) is 1. The number of anilines is 1. The first-order valence-corrected chi connectivity index (χ1v) is 8.29. The van der Waals surface area contributed by atoms with Crippen molar-refractivity contribution in [1.29, 1.82) is 0 Å². The number of hydrogen-bond donors (Lipinski definition) is 0. The Labute approximate surface area is 143 Å². The highest BCUT2D eigenvalue weighted by molar-refractivity contribution is 5.95. The molecule has 1 unspecified atom stereocenters. The number of benzene rings is 2. The Kier molecular flexibility index (Phi) is 4.74. The zero-order valence-corrected chi connectivity index (χ0v) is 14.4. The van der Waals surface area contributed by atoms with Crippen molar-refractivity contribution in [3.63, 3.8) is 0 Å². The number of aryl methyl sites for hydroxylation is 1. The summed E-state index contributed by atoms with van der Waals surface area (Å²) in [5, 5.41) is 0. The topological polar surface area (TPSA) is 38.8 Å². The van der Waals surface area contributed by atoms with E-state index < -0.39 is 0 Å². The summed E-state index contributed by atoms with van der Waals surface area (Å²) >= 11 is 0. The number of fused-ring (bicyclic) bond motifs is 1. The van der Waals surface area contributed by atoms with Gasteiger partial charge in [0.05, 0.1) is 18.8 Å². The van der Waals surface area contributed by atoms with Crippen LogP contribution in [-0.4, -0.2) is 31.6 Å². The van der Waals surface area contributed by atoms with Crippen molar-refractivity contribution in [3.8, 4) is 11.5 Å². The van der Waals surface area contributed by atoms with Crippen molar-refractivity contribution in [3.05, 3.63) is 53.6 Å². The van der Waals surface area contributed by atoms with Gasteiger partial charge in [0.1, 0.15) is 24.2 Å². The maximum Gasteiger partial charge on any atom is 0.159 e. The minimum Gasteiger partial charge on any atom is -0.492 e. The second-order valence-electron chi connectivity index (χ2n) is 6.27. The van der Waals surface area contributed by atoms with Gasteiger partial charge in [0.25, 0.3) is 0 Å². The summed E-state index contributed by atoms with van der Waals surface area (Å²) in [4.78, 5) is 13.9. The first-order valence-electron chi connectivity index (χ1n) is 8.29. The summed E-state index contributed by atoms with van der Waals surface area (Å²) in [6.07, 6.45) is 0.111. The van der Waals surface area contributed by atoms with Crippen LogP contribution < -0.4 is 14.4 Å². The van der Waals surface area contributed by atoms with Crippen molar-refractivity contribution in [2.75, 3.05) is 24.6 Å². The minimum atomic E-state index is 0.0623. The molecule has 0 spiro atoms. The van der Waals surface area contributed by atoms with Gasteiger partial charge in [-0.25, -0.2) is 0 Å². The average Bonchev–Trinajstić information content (AvgIpc) is 2.56. The van der Waals surface area contributed by atoms with Crippen molar-refractivity contribution in [2.24, 2.45) is 0 Å². The fourth-order valence-corrected chi connectivity index (χ4v) is 2.87. The number of rotatable bonds is 5. The molecule has 0 saturated heterocycles. The molecule has 4 heteroatoms. The molecule has 24 heavy (non-hydrogen) atoms. The average molecular weight is 325 g/mol. The van der Waals surface area contributed by atoms with Crippen LogP contribution in [0.15, 0.2) is 42.5 Å². The summed E-state index contributed by atoms with van der Waals surface area (Å²) in [5.41, 5.74) is 2.89. The number of carbonyl (C=O) groups is 1. The molecule has 0 N–H and O–H groups in total. The van der Waals surface area contributed by atoms with Crippen LogP contribution >= 0.6 is 0 Å². The lowest BCUT2D eigenvalue weighted by molar-refractivity contribution is 0.101. The number of ketones is 1. The molecule has 1 atom stereocenters. The van der Waals surface area contributed by atoms with Gasteiger partial charge in [0.15, 0.2) is 5.78 Å². The van der Waals surface area contributed by atoms with Gasteiger partial charge in [0.2, 0.25) is 0 Å². The highest BCUT2D eigenvalue weighted by Gasteiger charge is 2.23. The van der Waals surface area contributed by atoms with E-state index in [0.29, 0.717) is 12.2 Å². The quantitative estimate of drug-likeness (QED) is 0.783. The van der Waals surface area contributed by atoms with E-state index in [1.54, 1.807) is 6.92 Å². The van der Waals surface area contributed by atoms with Crippen LogP contribution in [0.1, 0.15) is 29.8 Å². The number of hydrogen-bond acceptors (Lipinski definition) is 4. The molecule has 2 aromatic rings. The van der Waals surface area contributed by atoms with E-state index in [1.807, 2.05) is 42.5 Å². The van der Waals surface area contributed by atoms with Gasteiger partial charge >= 0.3 is 0 Å². The van der Waals surface area contributed by atoms with Crippen LogP contribution in [0.25, 0.3) is 0 Å². The molecule has 0 aliphatic carbocycles. The molecule has 1 aliphatic rings. The third-order valence-electron chi connectivity index (χ3n) is 4.16. The van der Waals surface area contributed by atoms with Crippen LogP contribution in [0.2, 0.25) is 0 Å². The lowest BCUT2D eigenvalue weighted by Gasteiger charge is -2.35. The normalized spacial score (nSPS) is 16.3. The Morgan fingerprint density at radius 2 is 2.00 bits per heavy atom. The monoisotopic (exact) mass is 325 g/mol. The lowest BCUT2D eigenvalue weighted by Crippen LogP contribution is -2.40. The van der Waals surface area contributed by atoms with Crippen molar-refractivity contribution in [2.45, 2.75) is 26.9 Å². The van der Waals surface area contributed by atoms with Gasteiger partial charge in [-0.2, -0.15) is 0 Å². The fourth-order valence-electron chi connectivity index (χ4n) is 2.87. The molecule has 1 aliphatic heterocycles. The Morgan fingerprint density at radius 1 is 1.25 bits per heavy atom. The maximum absolute atomic E-state index is 11.6. The molecule has 3 rings (SSSR count). The van der Waals surface area contributed by atoms with Crippen molar-refractivity contribution < 1.29 is 14.3 Å². The van der Waals surface area contributed by atoms with Crippen molar-refractivity contribution >= 4 is 11.5 Å². The van der Waals surface area contributed by atoms with E-state index in [-0.39, 0.29) is 11.9 Å². The molecular weight excluding hydrogens is 302 g/mol. The predicted molar refractivity (Wildman–Crippen MR) is 95.4 cm³/mol. The Morgan fingerprint density at radius 3 is 2.71 bits per heavy atom. The summed E-state index contributed by atoms with van der Waals surface area (Å²) < 4.78 is 11.7. The molecule has 0 amide bonds. The third-order valence-corrected chi connectivity index (χ3v) is 4.16. The molecule has 0 radical (unpaired) electrons. The van der Waals surface area contributed by atoms with E-state index in [9.17, 15) is 4.79 Å². The molecule has 0 aromatic heterocycles. The molecule has 126 valence electrons. The molecule has 0 fully saturated rings. The van der Waals surface area contributed by atoms with Crippen molar-refractivity contribution in [1.82, 2.24) is 0 Å². The number of carbonyl (C=O) groups excluding carboxylic acids is 1. The van der Waals surface area contributed by atoms with E-state index in [2.05, 4.69) is 18.7 Å². The summed E-state index contributed by atoms with van der Waals surface area (Å²) in [6, 6.07) is 13.7. The van der Waals surface area contributed by atoms with E-state index in [0.717, 1.165) is 30.3 Å². The van der Waals surface area contributed by atoms with Gasteiger partial charge in [-0.1, -0.05) is 17.7 Å². The lowest BCUT2D eigenvalue weighted by atomic mass is 10.1. The smallest absolute Gasteiger partial charge is 0.159 e. The second-order valence-corrected chi connectivity index (χ2v) is 6.27. The standard InChI is InChI=1S/C20H23NO3/c1-14-4-7-18(8-5-14)23-11-10-21-13-15(2)24-20-9-6-17(16(3)22)12-19(20)21/h4-9,12,15H,10-11,13H2,1-3H3. The maximum atomic E-state index is 11.6. The highest BCUT2D eigenvalue weighted by atomic mass is 16.5. The molecule has 2 aromatic carbocycles. The predicted octanol–water partition coefficient (Wildman–Crippen LogP) is 3.86. The molecule has 1 heterocycles. The van der Waals surface area contributed by atoms with Gasteiger partial charge < -0.3 is 14.4 Å². The molecule has 4 nitrogen and oxygen atoms in total. The summed E-state index contributed by atoms with van der Waals surface area (Å²) in [5.74, 6) is 1.76. The van der Waals surface area contributed by atoms with Gasteiger partial charge in [-0.15, -0.1) is 0 Å². The Hall–Kier alpha value is -2.49. The fraction of sp³-hybridized carbons (Fsp3) is 0.350. The van der Waals surface area contributed by atoms with Crippen LogP contribution in [0, 0.1) is 6.92 Å². The first-order chi connectivity index (χ1) is 11.5. The third kappa shape index (κ3) is 3.70. The van der Waals surface area contributed by atoms with Crippen LogP contribution in [0.4, 0.5) is 5.69 Å². The number of ether oxygens (including phenoxy) is 2. The zero-order valence-electron chi connectivity index (χ0n) is 14.4. The highest BCUT2D eigenvalue weighted by Crippen LogP contribution is 2.34. The Bertz CT molecular complexity index is 724. The molecule has 0 saturated carbocycles. The van der Waals surface area contributed by atoms with Crippen LogP contribution in [0.5, 0.6) is 11.5 Å². The van der Waals surface area contributed by atoms with E-state index in [4.69, 9.17) is 9.47 Å². The van der Waals surface area contributed by atoms with Crippen LogP contribution in [-0.2, 0) is 0 Å². The minimum absolute atomic E-state index is 0.0623. The second kappa shape index (κ2) is 6.95. The summed E-state index contributed by atoms with van der Waals surface area (Å²) in [6.45, 7) is 7.80. The Balaban J connectivity index is 1.70. The first kappa shape index (κ1) is 16.4. The molecular formula is C20H23NO3. The zero-order chi connectivity index (χ0) is 17.1. The van der Waals surface area contributed by atoms with E-state index >= 15 is 0 Å². The van der Waals surface area contributed by atoms with Gasteiger partial charge in [0, 0.05) is 5.56 Å². The van der Waals surface area contributed by atoms with Gasteiger partial charge in [-0.05, 0) is 51.1 Å². The van der Waals surface area contributed by atoms with E-state index in [1.165, 1.54) is 5.56 Å². The van der Waals surface area contributed by atoms with Crippen LogP contribution in [0.3, 0.4) is 0 Å². The van der Waals surface area contributed by atoms with Gasteiger partial charge in [-0.3, -0.25) is 4.79 Å². The SMILES string of the molecule is CC(=O)c1ccc2c(c1)N(CCOc1ccc(C)cc1)CC(C)O2. The summed E-state index contributed by atoms with van der Waals surface area (Å²) in [7, 11) is 0. The number of nitrogens with zero attached hydrogens (tertiary/aromatic N) is 1.